The van der Waals surface area contributed by atoms with E-state index in [9.17, 15) is 9.90 Å². The molecule has 1 saturated heterocycles. The van der Waals surface area contributed by atoms with Crippen LogP contribution in [0.3, 0.4) is 0 Å². The number of benzene rings is 1. The van der Waals surface area contributed by atoms with Gasteiger partial charge < -0.3 is 20.1 Å². The molecule has 1 fully saturated rings. The highest BCUT2D eigenvalue weighted by molar-refractivity contribution is 5.74. The molecule has 27 heavy (non-hydrogen) atoms. The summed E-state index contributed by atoms with van der Waals surface area (Å²) in [5.74, 6) is 0.779. The van der Waals surface area contributed by atoms with Crippen LogP contribution in [-0.2, 0) is 12.1 Å². The summed E-state index contributed by atoms with van der Waals surface area (Å²) in [6.45, 7) is 5.17. The Hall–Kier alpha value is -2.61. The van der Waals surface area contributed by atoms with Crippen molar-refractivity contribution in [3.05, 3.63) is 41.7 Å². The van der Waals surface area contributed by atoms with E-state index in [4.69, 9.17) is 4.74 Å². The van der Waals surface area contributed by atoms with E-state index in [0.717, 1.165) is 24.2 Å². The first-order chi connectivity index (χ1) is 12.9. The van der Waals surface area contributed by atoms with Crippen molar-refractivity contribution in [3.63, 3.8) is 0 Å². The number of ether oxygens (including phenoxy) is 1. The van der Waals surface area contributed by atoms with E-state index in [0.29, 0.717) is 25.3 Å². The lowest BCUT2D eigenvalue weighted by atomic mass is 10.0. The van der Waals surface area contributed by atoms with Crippen LogP contribution in [0, 0.1) is 0 Å². The van der Waals surface area contributed by atoms with Crippen molar-refractivity contribution in [2.45, 2.75) is 44.9 Å². The molecule has 2 N–H and O–H groups in total. The summed E-state index contributed by atoms with van der Waals surface area (Å²) < 4.78 is 7.01. The van der Waals surface area contributed by atoms with Crippen molar-refractivity contribution in [2.75, 3.05) is 20.2 Å². The minimum Gasteiger partial charge on any atom is -0.497 e. The highest BCUT2D eigenvalue weighted by Gasteiger charge is 2.26. The average molecular weight is 373 g/mol. The predicted molar refractivity (Wildman–Crippen MR) is 100 cm³/mol. The van der Waals surface area contributed by atoms with Crippen LogP contribution in [0.4, 0.5) is 4.79 Å². The summed E-state index contributed by atoms with van der Waals surface area (Å²) in [6, 6.07) is 7.79. The van der Waals surface area contributed by atoms with Crippen molar-refractivity contribution >= 4 is 6.03 Å². The van der Waals surface area contributed by atoms with E-state index in [-0.39, 0.29) is 12.1 Å². The number of carbonyl (C=O) groups excluding carboxylic acids is 1. The molecule has 1 aromatic heterocycles. The van der Waals surface area contributed by atoms with Crippen molar-refractivity contribution in [3.8, 4) is 5.75 Å². The third-order valence-electron chi connectivity index (χ3n) is 4.84. The molecule has 0 unspecified atom stereocenters. The second-order valence-corrected chi connectivity index (χ2v) is 7.37. The molecule has 1 aliphatic heterocycles. The van der Waals surface area contributed by atoms with Gasteiger partial charge in [0, 0.05) is 19.6 Å². The highest BCUT2D eigenvalue weighted by Crippen LogP contribution is 2.24. The van der Waals surface area contributed by atoms with Gasteiger partial charge in [0.05, 0.1) is 19.3 Å². The van der Waals surface area contributed by atoms with Gasteiger partial charge in [-0.25, -0.2) is 9.48 Å². The first kappa shape index (κ1) is 19.2. The molecule has 0 bridgehead atoms. The van der Waals surface area contributed by atoms with Crippen LogP contribution in [0.25, 0.3) is 0 Å². The number of hydrogen-bond acceptors (Lipinski definition) is 5. The number of amides is 2. The Morgan fingerprint density at radius 1 is 1.37 bits per heavy atom. The Labute approximate surface area is 159 Å². The fourth-order valence-corrected chi connectivity index (χ4v) is 3.14. The Morgan fingerprint density at radius 2 is 2.11 bits per heavy atom. The average Bonchev–Trinajstić information content (AvgIpc) is 3.17. The summed E-state index contributed by atoms with van der Waals surface area (Å²) in [5, 5.41) is 21.2. The molecule has 0 atom stereocenters. The fourth-order valence-electron chi connectivity index (χ4n) is 3.14. The number of hydrogen-bond donors (Lipinski definition) is 2. The third-order valence-corrected chi connectivity index (χ3v) is 4.84. The number of rotatable bonds is 5. The van der Waals surface area contributed by atoms with Gasteiger partial charge in [0.1, 0.15) is 17.0 Å². The van der Waals surface area contributed by atoms with Crippen molar-refractivity contribution in [2.24, 2.45) is 0 Å². The summed E-state index contributed by atoms with van der Waals surface area (Å²) >= 11 is 0. The number of likely N-dealkylation sites (tertiary alicyclic amines) is 1. The van der Waals surface area contributed by atoms with Gasteiger partial charge >= 0.3 is 6.03 Å². The van der Waals surface area contributed by atoms with Gasteiger partial charge in [0.15, 0.2) is 0 Å². The molecular formula is C19H27N5O3. The third kappa shape index (κ3) is 4.77. The molecular weight excluding hydrogens is 346 g/mol. The number of piperidine rings is 1. The van der Waals surface area contributed by atoms with E-state index in [1.54, 1.807) is 31.8 Å². The maximum Gasteiger partial charge on any atom is 0.317 e. The van der Waals surface area contributed by atoms with E-state index >= 15 is 0 Å². The molecule has 0 radical (unpaired) electrons. The largest absolute Gasteiger partial charge is 0.497 e. The molecule has 0 aliphatic carbocycles. The SMILES string of the molecule is COc1cccc(CNC(=O)N2CCC(n3cc(C(C)(C)O)nn3)CC2)c1. The molecule has 0 saturated carbocycles. The van der Waals surface area contributed by atoms with Crippen molar-refractivity contribution in [1.29, 1.82) is 0 Å². The topological polar surface area (TPSA) is 92.5 Å². The summed E-state index contributed by atoms with van der Waals surface area (Å²) in [5.41, 5.74) is 0.555. The first-order valence-corrected chi connectivity index (χ1v) is 9.17. The zero-order chi connectivity index (χ0) is 19.4. The summed E-state index contributed by atoms with van der Waals surface area (Å²) in [6.07, 6.45) is 3.41. The predicted octanol–water partition coefficient (Wildman–Crippen LogP) is 2.06. The quantitative estimate of drug-likeness (QED) is 0.837. The Balaban J connectivity index is 1.49. The van der Waals surface area contributed by atoms with E-state index < -0.39 is 5.60 Å². The summed E-state index contributed by atoms with van der Waals surface area (Å²) in [7, 11) is 1.63. The van der Waals surface area contributed by atoms with Crippen LogP contribution in [0.15, 0.2) is 30.5 Å². The molecule has 1 aliphatic rings. The van der Waals surface area contributed by atoms with E-state index in [1.165, 1.54) is 0 Å². The van der Waals surface area contributed by atoms with Gasteiger partial charge in [-0.15, -0.1) is 5.10 Å². The molecule has 2 aromatic rings. The van der Waals surface area contributed by atoms with Crippen LogP contribution < -0.4 is 10.1 Å². The van der Waals surface area contributed by atoms with Gasteiger partial charge in [-0.1, -0.05) is 17.3 Å². The van der Waals surface area contributed by atoms with Crippen LogP contribution in [0.2, 0.25) is 0 Å². The van der Waals surface area contributed by atoms with Gasteiger partial charge in [-0.3, -0.25) is 0 Å². The van der Waals surface area contributed by atoms with Crippen LogP contribution in [0.1, 0.15) is 44.0 Å². The standard InChI is InChI=1S/C19H27N5O3/c1-19(2,26)17-13-24(22-21-17)15-7-9-23(10-8-15)18(25)20-12-14-5-4-6-16(11-14)27-3/h4-6,11,13,15,26H,7-10,12H2,1-3H3,(H,20,25). The zero-order valence-corrected chi connectivity index (χ0v) is 16.1. The van der Waals surface area contributed by atoms with Crippen molar-refractivity contribution < 1.29 is 14.6 Å². The molecule has 2 amide bonds. The van der Waals surface area contributed by atoms with Crippen LogP contribution >= 0.6 is 0 Å². The number of nitrogens with one attached hydrogen (secondary N) is 1. The van der Waals surface area contributed by atoms with Gasteiger partial charge in [-0.05, 0) is 44.4 Å². The molecule has 146 valence electrons. The second kappa shape index (κ2) is 7.96. The lowest BCUT2D eigenvalue weighted by Crippen LogP contribution is -2.44. The Morgan fingerprint density at radius 3 is 2.74 bits per heavy atom. The van der Waals surface area contributed by atoms with Gasteiger partial charge in [0.2, 0.25) is 0 Å². The van der Waals surface area contributed by atoms with Gasteiger partial charge in [0.25, 0.3) is 0 Å². The Kier molecular flexibility index (Phi) is 5.65. The molecule has 2 heterocycles. The number of nitrogens with zero attached hydrogens (tertiary/aromatic N) is 4. The molecule has 8 heteroatoms. The Bertz CT molecular complexity index is 776. The second-order valence-electron chi connectivity index (χ2n) is 7.37. The molecule has 8 nitrogen and oxygen atoms in total. The monoisotopic (exact) mass is 373 g/mol. The number of aliphatic hydroxyl groups is 1. The normalized spacial score (nSPS) is 15.6. The van der Waals surface area contributed by atoms with E-state index in [1.807, 2.05) is 29.2 Å². The van der Waals surface area contributed by atoms with E-state index in [2.05, 4.69) is 15.6 Å². The molecule has 1 aromatic carbocycles. The highest BCUT2D eigenvalue weighted by atomic mass is 16.5. The smallest absolute Gasteiger partial charge is 0.317 e. The number of urea groups is 1. The maximum absolute atomic E-state index is 12.4. The first-order valence-electron chi connectivity index (χ1n) is 9.17. The minimum atomic E-state index is -1.00. The summed E-state index contributed by atoms with van der Waals surface area (Å²) in [4.78, 5) is 14.2. The zero-order valence-electron chi connectivity index (χ0n) is 16.1. The number of aromatic nitrogens is 3. The van der Waals surface area contributed by atoms with Crippen LogP contribution in [-0.4, -0.2) is 51.2 Å². The molecule has 3 rings (SSSR count). The molecule has 0 spiro atoms. The fraction of sp³-hybridized carbons (Fsp3) is 0.526. The maximum atomic E-state index is 12.4. The van der Waals surface area contributed by atoms with Crippen LogP contribution in [0.5, 0.6) is 5.75 Å². The minimum absolute atomic E-state index is 0.0629. The van der Waals surface area contributed by atoms with Gasteiger partial charge in [-0.2, -0.15) is 0 Å². The van der Waals surface area contributed by atoms with Crippen molar-refractivity contribution in [1.82, 2.24) is 25.2 Å². The lowest BCUT2D eigenvalue weighted by Gasteiger charge is -2.31. The number of carbonyl (C=O) groups is 1. The lowest BCUT2D eigenvalue weighted by molar-refractivity contribution is 0.0737. The number of methoxy groups -OCH3 is 1.